The van der Waals surface area contributed by atoms with Gasteiger partial charge in [0.25, 0.3) is 0 Å². The Balaban J connectivity index is 1.85. The van der Waals surface area contributed by atoms with Gasteiger partial charge in [-0.25, -0.2) is 4.79 Å². The number of amidine groups is 1. The Labute approximate surface area is 147 Å². The van der Waals surface area contributed by atoms with Gasteiger partial charge in [-0.15, -0.1) is 0 Å². The fraction of sp³-hybridized carbons (Fsp3) is 0.529. The molecule has 2 rings (SSSR count). The molecule has 1 unspecified atom stereocenters. The van der Waals surface area contributed by atoms with Gasteiger partial charge in [0.15, 0.2) is 5.84 Å². The van der Waals surface area contributed by atoms with E-state index in [1.165, 1.54) is 0 Å². The highest BCUT2D eigenvalue weighted by Gasteiger charge is 2.28. The van der Waals surface area contributed by atoms with Gasteiger partial charge in [0.05, 0.1) is 13.2 Å². The highest BCUT2D eigenvalue weighted by molar-refractivity contribution is 5.97. The van der Waals surface area contributed by atoms with Gasteiger partial charge in [0.1, 0.15) is 24.1 Å². The van der Waals surface area contributed by atoms with E-state index in [1.54, 1.807) is 29.2 Å². The molecule has 0 bridgehead atoms. The third-order valence-electron chi connectivity index (χ3n) is 3.48. The zero-order chi connectivity index (χ0) is 18.4. The number of ether oxygens (including phenoxy) is 3. The Bertz CT molecular complexity index is 610. The van der Waals surface area contributed by atoms with E-state index in [2.05, 4.69) is 5.16 Å². The maximum absolute atomic E-state index is 12.1. The predicted octanol–water partition coefficient (Wildman–Crippen LogP) is 1.80. The van der Waals surface area contributed by atoms with Crippen LogP contribution in [0.1, 0.15) is 26.3 Å². The molecule has 1 heterocycles. The first kappa shape index (κ1) is 18.9. The van der Waals surface area contributed by atoms with Gasteiger partial charge in [-0.1, -0.05) is 5.16 Å². The van der Waals surface area contributed by atoms with E-state index < -0.39 is 5.60 Å². The zero-order valence-corrected chi connectivity index (χ0v) is 14.8. The van der Waals surface area contributed by atoms with Crippen molar-refractivity contribution in [2.45, 2.75) is 32.5 Å². The van der Waals surface area contributed by atoms with Gasteiger partial charge in [-0.2, -0.15) is 0 Å². The Kier molecular flexibility index (Phi) is 6.08. The molecule has 1 fully saturated rings. The lowest BCUT2D eigenvalue weighted by Gasteiger charge is -2.34. The second kappa shape index (κ2) is 8.06. The summed E-state index contributed by atoms with van der Waals surface area (Å²) in [5.41, 5.74) is 5.58. The number of amides is 1. The smallest absolute Gasteiger partial charge is 0.410 e. The molecular weight excluding hydrogens is 326 g/mol. The lowest BCUT2D eigenvalue weighted by atomic mass is 10.2. The normalized spacial score (nSPS) is 18.8. The van der Waals surface area contributed by atoms with Crippen LogP contribution in [0.5, 0.6) is 5.75 Å². The lowest BCUT2D eigenvalue weighted by molar-refractivity contribution is -0.0557. The quantitative estimate of drug-likeness (QED) is 0.371. The number of carbonyl (C=O) groups excluding carboxylic acids is 1. The van der Waals surface area contributed by atoms with Crippen molar-refractivity contribution >= 4 is 11.9 Å². The number of hydrogen-bond acceptors (Lipinski definition) is 6. The second-order valence-electron chi connectivity index (χ2n) is 6.74. The molecular formula is C17H25N3O5. The van der Waals surface area contributed by atoms with Crippen LogP contribution in [0.2, 0.25) is 0 Å². The van der Waals surface area contributed by atoms with E-state index in [0.717, 1.165) is 0 Å². The number of benzene rings is 1. The molecule has 0 saturated carbocycles. The minimum atomic E-state index is -0.525. The van der Waals surface area contributed by atoms with Crippen molar-refractivity contribution in [2.75, 3.05) is 26.3 Å². The number of oxime groups is 1. The summed E-state index contributed by atoms with van der Waals surface area (Å²) in [4.78, 5) is 13.8. The van der Waals surface area contributed by atoms with Gasteiger partial charge in [-0.3, -0.25) is 0 Å². The van der Waals surface area contributed by atoms with Crippen molar-refractivity contribution < 1.29 is 24.2 Å². The van der Waals surface area contributed by atoms with Crippen LogP contribution < -0.4 is 10.5 Å². The van der Waals surface area contributed by atoms with Crippen LogP contribution >= 0.6 is 0 Å². The Morgan fingerprint density at radius 2 is 2.08 bits per heavy atom. The molecule has 0 aliphatic carbocycles. The molecule has 1 amide bonds. The number of carbonyl (C=O) groups is 1. The molecule has 1 aliphatic rings. The van der Waals surface area contributed by atoms with Crippen LogP contribution in [-0.4, -0.2) is 60.0 Å². The molecule has 0 spiro atoms. The molecule has 1 aromatic rings. The highest BCUT2D eigenvalue weighted by Crippen LogP contribution is 2.16. The fourth-order valence-electron chi connectivity index (χ4n) is 2.28. The summed E-state index contributed by atoms with van der Waals surface area (Å²) in [5.74, 6) is 0.669. The third kappa shape index (κ3) is 5.82. The number of hydrogen-bond donors (Lipinski definition) is 2. The summed E-state index contributed by atoms with van der Waals surface area (Å²) in [5, 5.41) is 11.6. The summed E-state index contributed by atoms with van der Waals surface area (Å²) in [6.45, 7) is 7.17. The average molecular weight is 351 g/mol. The van der Waals surface area contributed by atoms with Crippen LogP contribution in [0, 0.1) is 0 Å². The van der Waals surface area contributed by atoms with Crippen molar-refractivity contribution in [3.63, 3.8) is 0 Å². The molecule has 138 valence electrons. The first-order valence-corrected chi connectivity index (χ1v) is 8.09. The maximum Gasteiger partial charge on any atom is 0.410 e. The fourth-order valence-corrected chi connectivity index (χ4v) is 2.28. The van der Waals surface area contributed by atoms with E-state index >= 15 is 0 Å². The van der Waals surface area contributed by atoms with Crippen molar-refractivity contribution in [2.24, 2.45) is 10.9 Å². The molecule has 1 aliphatic heterocycles. The van der Waals surface area contributed by atoms with E-state index in [4.69, 9.17) is 25.2 Å². The van der Waals surface area contributed by atoms with E-state index in [1.807, 2.05) is 20.8 Å². The van der Waals surface area contributed by atoms with Gasteiger partial charge >= 0.3 is 6.09 Å². The topological polar surface area (TPSA) is 107 Å². The molecule has 8 nitrogen and oxygen atoms in total. The first-order valence-electron chi connectivity index (χ1n) is 8.09. The molecule has 25 heavy (non-hydrogen) atoms. The number of morpholine rings is 1. The lowest BCUT2D eigenvalue weighted by Crippen LogP contribution is -2.49. The van der Waals surface area contributed by atoms with Crippen molar-refractivity contribution in [1.82, 2.24) is 4.90 Å². The van der Waals surface area contributed by atoms with Crippen LogP contribution in [0.15, 0.2) is 29.4 Å². The Hall–Kier alpha value is -2.48. The van der Waals surface area contributed by atoms with E-state index in [9.17, 15) is 4.79 Å². The van der Waals surface area contributed by atoms with Gasteiger partial charge in [-0.05, 0) is 45.0 Å². The van der Waals surface area contributed by atoms with E-state index in [0.29, 0.717) is 37.6 Å². The largest absolute Gasteiger partial charge is 0.491 e. The first-order chi connectivity index (χ1) is 11.8. The van der Waals surface area contributed by atoms with Crippen LogP contribution in [0.4, 0.5) is 4.79 Å². The average Bonchev–Trinajstić information content (AvgIpc) is 2.58. The molecule has 0 aromatic heterocycles. The number of nitrogens with two attached hydrogens (primary N) is 1. The van der Waals surface area contributed by atoms with Crippen molar-refractivity contribution in [3.05, 3.63) is 29.8 Å². The zero-order valence-electron chi connectivity index (χ0n) is 14.8. The SMILES string of the molecule is CC(C)(C)OC(=O)N1CCOC(COc2ccc(/C(N)=N/O)cc2)C1. The summed E-state index contributed by atoms with van der Waals surface area (Å²) < 4.78 is 16.7. The number of rotatable bonds is 4. The second-order valence-corrected chi connectivity index (χ2v) is 6.74. The molecule has 1 atom stereocenters. The van der Waals surface area contributed by atoms with Gasteiger partial charge in [0, 0.05) is 12.1 Å². The van der Waals surface area contributed by atoms with E-state index in [-0.39, 0.29) is 18.0 Å². The third-order valence-corrected chi connectivity index (χ3v) is 3.48. The van der Waals surface area contributed by atoms with Crippen LogP contribution in [0.3, 0.4) is 0 Å². The van der Waals surface area contributed by atoms with Gasteiger partial charge < -0.3 is 30.1 Å². The van der Waals surface area contributed by atoms with Crippen LogP contribution in [0.25, 0.3) is 0 Å². The molecule has 1 aromatic carbocycles. The minimum absolute atomic E-state index is 0.0372. The Morgan fingerprint density at radius 3 is 2.68 bits per heavy atom. The summed E-state index contributed by atoms with van der Waals surface area (Å²) in [7, 11) is 0. The molecule has 0 radical (unpaired) electrons. The minimum Gasteiger partial charge on any atom is -0.491 e. The van der Waals surface area contributed by atoms with Crippen LogP contribution in [-0.2, 0) is 9.47 Å². The maximum atomic E-state index is 12.1. The van der Waals surface area contributed by atoms with Gasteiger partial charge in [0.2, 0.25) is 0 Å². The summed E-state index contributed by atoms with van der Waals surface area (Å²) >= 11 is 0. The molecule has 1 saturated heterocycles. The number of nitrogens with zero attached hydrogens (tertiary/aromatic N) is 2. The summed E-state index contributed by atoms with van der Waals surface area (Å²) in [6.07, 6.45) is -0.575. The van der Waals surface area contributed by atoms with Crippen molar-refractivity contribution in [1.29, 1.82) is 0 Å². The standard InChI is InChI=1S/C17H25N3O5/c1-17(2,3)25-16(21)20-8-9-23-14(10-20)11-24-13-6-4-12(5-7-13)15(18)19-22/h4-7,14,22H,8-11H2,1-3H3,(H2,18,19). The monoisotopic (exact) mass is 351 g/mol. The molecule has 3 N–H and O–H groups in total. The summed E-state index contributed by atoms with van der Waals surface area (Å²) in [6, 6.07) is 6.84. The highest BCUT2D eigenvalue weighted by atomic mass is 16.6. The predicted molar refractivity (Wildman–Crippen MR) is 92.0 cm³/mol. The van der Waals surface area contributed by atoms with Crippen molar-refractivity contribution in [3.8, 4) is 5.75 Å². The Morgan fingerprint density at radius 1 is 1.40 bits per heavy atom. The molecule has 8 heteroatoms.